The van der Waals surface area contributed by atoms with E-state index in [2.05, 4.69) is 228 Å². The first-order valence-corrected chi connectivity index (χ1v) is 19.8. The minimum atomic E-state index is -0.480. The normalized spacial score (nSPS) is 13.1. The first-order chi connectivity index (χ1) is 28.3. The maximum atomic E-state index is 2.49. The fraction of sp³-hybridized carbons (Fsp3) is 0.0182. The molecular formula is C55H36N2. The lowest BCUT2D eigenvalue weighted by molar-refractivity contribution is 0.770. The minimum absolute atomic E-state index is 0.480. The number of hydrogen-bond donors (Lipinski definition) is 0. The smallest absolute Gasteiger partial charge is 0.0713 e. The highest BCUT2D eigenvalue weighted by Crippen LogP contribution is 2.56. The number of hydrogen-bond acceptors (Lipinski definition) is 0. The molecule has 57 heavy (non-hydrogen) atoms. The molecule has 0 fully saturated rings. The van der Waals surface area contributed by atoms with Gasteiger partial charge in [0.05, 0.1) is 27.5 Å². The molecule has 1 aliphatic rings. The Bertz CT molecular complexity index is 3290. The summed E-state index contributed by atoms with van der Waals surface area (Å²) in [6, 6.07) is 80.5. The van der Waals surface area contributed by atoms with Crippen LogP contribution in [0.4, 0.5) is 0 Å². The SMILES string of the molecule is c1ccc(-n2c3ccc(-c4cccc5c4c4ccccc4n5-c4ccccc4)cc3c3cc(C4(c5ccccc5)c5ccccc5-c5ccccc54)ccc32)cc1. The van der Waals surface area contributed by atoms with Crippen molar-refractivity contribution >= 4 is 43.6 Å². The van der Waals surface area contributed by atoms with Gasteiger partial charge in [-0.2, -0.15) is 0 Å². The predicted octanol–water partition coefficient (Wildman–Crippen LogP) is 13.9. The molecule has 266 valence electrons. The summed E-state index contributed by atoms with van der Waals surface area (Å²) in [6.07, 6.45) is 0. The summed E-state index contributed by atoms with van der Waals surface area (Å²) in [6.45, 7) is 0. The highest BCUT2D eigenvalue weighted by Gasteiger charge is 2.46. The molecule has 0 spiro atoms. The number of nitrogens with zero attached hydrogens (tertiary/aromatic N) is 2. The highest BCUT2D eigenvalue weighted by molar-refractivity contribution is 6.17. The molecule has 1 aliphatic carbocycles. The molecule has 0 aliphatic heterocycles. The van der Waals surface area contributed by atoms with Gasteiger partial charge in [0.2, 0.25) is 0 Å². The van der Waals surface area contributed by atoms with E-state index in [1.54, 1.807) is 0 Å². The molecule has 2 heteroatoms. The molecule has 2 aromatic heterocycles. The van der Waals surface area contributed by atoms with Crippen LogP contribution in [0.1, 0.15) is 22.3 Å². The van der Waals surface area contributed by atoms with Crippen molar-refractivity contribution in [3.8, 4) is 33.6 Å². The topological polar surface area (TPSA) is 9.86 Å². The molecule has 0 N–H and O–H groups in total. The van der Waals surface area contributed by atoms with E-state index in [1.807, 2.05) is 0 Å². The van der Waals surface area contributed by atoms with Crippen LogP contribution < -0.4 is 0 Å². The Morgan fingerprint density at radius 2 is 0.789 bits per heavy atom. The maximum Gasteiger partial charge on any atom is 0.0713 e. The van der Waals surface area contributed by atoms with Crippen molar-refractivity contribution in [2.24, 2.45) is 0 Å². The molecule has 2 heterocycles. The van der Waals surface area contributed by atoms with Crippen LogP contribution in [-0.4, -0.2) is 9.13 Å². The van der Waals surface area contributed by atoms with E-state index in [-0.39, 0.29) is 0 Å². The fourth-order valence-corrected chi connectivity index (χ4v) is 10.1. The Morgan fingerprint density at radius 3 is 1.47 bits per heavy atom. The lowest BCUT2D eigenvalue weighted by Gasteiger charge is -2.34. The van der Waals surface area contributed by atoms with Gasteiger partial charge in [0.25, 0.3) is 0 Å². The molecule has 11 aromatic rings. The molecule has 0 saturated carbocycles. The van der Waals surface area contributed by atoms with Gasteiger partial charge in [-0.25, -0.2) is 0 Å². The molecule has 0 saturated heterocycles. The summed E-state index contributed by atoms with van der Waals surface area (Å²) >= 11 is 0. The summed E-state index contributed by atoms with van der Waals surface area (Å²) in [7, 11) is 0. The number of fused-ring (bicyclic) bond motifs is 9. The molecule has 0 bridgehead atoms. The summed E-state index contributed by atoms with van der Waals surface area (Å²) in [5, 5.41) is 5.00. The van der Waals surface area contributed by atoms with E-state index in [0.717, 1.165) is 11.4 Å². The van der Waals surface area contributed by atoms with Gasteiger partial charge >= 0.3 is 0 Å². The van der Waals surface area contributed by atoms with E-state index in [9.17, 15) is 0 Å². The standard InChI is InChI=1S/C55H36N2/c1-4-17-38(18-5-1)55(48-27-13-10-23-43(48)44-24-11-14-28-49(44)55)39-32-34-52-47(36-39)46-35-37(31-33-51(46)56(52)40-19-6-2-7-20-40)42-26-16-30-53-54(42)45-25-12-15-29-50(45)57(53)41-21-8-3-9-22-41/h1-36H. The van der Waals surface area contributed by atoms with Gasteiger partial charge in [-0.05, 0) is 105 Å². The average molecular weight is 725 g/mol. The lowest BCUT2D eigenvalue weighted by atomic mass is 9.67. The second-order valence-electron chi connectivity index (χ2n) is 15.2. The number of para-hydroxylation sites is 3. The van der Waals surface area contributed by atoms with Crippen LogP contribution >= 0.6 is 0 Å². The zero-order chi connectivity index (χ0) is 37.5. The van der Waals surface area contributed by atoms with E-state index in [4.69, 9.17) is 0 Å². The Balaban J connectivity index is 1.17. The third-order valence-corrected chi connectivity index (χ3v) is 12.4. The van der Waals surface area contributed by atoms with Crippen LogP contribution in [-0.2, 0) is 5.41 Å². The Kier molecular flexibility index (Phi) is 6.88. The van der Waals surface area contributed by atoms with Crippen LogP contribution in [0, 0.1) is 0 Å². The number of benzene rings is 9. The summed E-state index contributed by atoms with van der Waals surface area (Å²) < 4.78 is 4.84. The van der Waals surface area contributed by atoms with E-state index in [0.29, 0.717) is 0 Å². The predicted molar refractivity (Wildman–Crippen MR) is 238 cm³/mol. The Labute approximate surface area is 331 Å². The van der Waals surface area contributed by atoms with Crippen molar-refractivity contribution in [2.75, 3.05) is 0 Å². The number of aromatic nitrogens is 2. The first kappa shape index (κ1) is 31.9. The summed E-state index contributed by atoms with van der Waals surface area (Å²) in [5.41, 5.74) is 16.9. The largest absolute Gasteiger partial charge is 0.309 e. The van der Waals surface area contributed by atoms with Crippen molar-refractivity contribution in [1.29, 1.82) is 0 Å². The first-order valence-electron chi connectivity index (χ1n) is 19.8. The molecule has 0 atom stereocenters. The molecule has 0 radical (unpaired) electrons. The maximum absolute atomic E-state index is 2.49. The second kappa shape index (κ2) is 12.3. The molecular weight excluding hydrogens is 689 g/mol. The molecule has 0 unspecified atom stereocenters. The van der Waals surface area contributed by atoms with Gasteiger partial charge in [-0.15, -0.1) is 0 Å². The molecule has 2 nitrogen and oxygen atoms in total. The lowest BCUT2D eigenvalue weighted by Crippen LogP contribution is -2.28. The van der Waals surface area contributed by atoms with Gasteiger partial charge in [-0.1, -0.05) is 158 Å². The Morgan fingerprint density at radius 1 is 0.298 bits per heavy atom. The van der Waals surface area contributed by atoms with Crippen LogP contribution in [0.5, 0.6) is 0 Å². The van der Waals surface area contributed by atoms with Crippen LogP contribution in [0.2, 0.25) is 0 Å². The minimum Gasteiger partial charge on any atom is -0.309 e. The summed E-state index contributed by atoms with van der Waals surface area (Å²) in [5.74, 6) is 0. The fourth-order valence-electron chi connectivity index (χ4n) is 10.1. The van der Waals surface area contributed by atoms with Gasteiger partial charge in [0, 0.05) is 32.9 Å². The molecule has 0 amide bonds. The molecule has 9 aromatic carbocycles. The van der Waals surface area contributed by atoms with Crippen LogP contribution in [0.15, 0.2) is 218 Å². The third-order valence-electron chi connectivity index (χ3n) is 12.4. The summed E-state index contributed by atoms with van der Waals surface area (Å²) in [4.78, 5) is 0. The highest BCUT2D eigenvalue weighted by atomic mass is 15.0. The average Bonchev–Trinajstić information content (AvgIpc) is 3.91. The van der Waals surface area contributed by atoms with Gasteiger partial charge in [-0.3, -0.25) is 0 Å². The van der Waals surface area contributed by atoms with Gasteiger partial charge in [0.15, 0.2) is 0 Å². The van der Waals surface area contributed by atoms with Crippen molar-refractivity contribution in [3.63, 3.8) is 0 Å². The van der Waals surface area contributed by atoms with Gasteiger partial charge in [0.1, 0.15) is 0 Å². The third kappa shape index (κ3) is 4.47. The zero-order valence-corrected chi connectivity index (χ0v) is 31.2. The second-order valence-corrected chi connectivity index (χ2v) is 15.2. The number of rotatable bonds is 5. The quantitative estimate of drug-likeness (QED) is 0.167. The van der Waals surface area contributed by atoms with Crippen molar-refractivity contribution in [2.45, 2.75) is 5.41 Å². The van der Waals surface area contributed by atoms with E-state index >= 15 is 0 Å². The van der Waals surface area contributed by atoms with E-state index < -0.39 is 5.41 Å². The van der Waals surface area contributed by atoms with Crippen molar-refractivity contribution < 1.29 is 0 Å². The van der Waals surface area contributed by atoms with Crippen molar-refractivity contribution in [1.82, 2.24) is 9.13 Å². The van der Waals surface area contributed by atoms with Crippen LogP contribution in [0.25, 0.3) is 77.2 Å². The Hall–Kier alpha value is -7.42. The van der Waals surface area contributed by atoms with E-state index in [1.165, 1.54) is 88.1 Å². The van der Waals surface area contributed by atoms with Gasteiger partial charge < -0.3 is 9.13 Å². The van der Waals surface area contributed by atoms with Crippen molar-refractivity contribution in [3.05, 3.63) is 241 Å². The zero-order valence-electron chi connectivity index (χ0n) is 31.2. The monoisotopic (exact) mass is 724 g/mol. The molecule has 12 rings (SSSR count). The van der Waals surface area contributed by atoms with Crippen LogP contribution in [0.3, 0.4) is 0 Å².